The van der Waals surface area contributed by atoms with Crippen LogP contribution in [0.25, 0.3) is 0 Å². The second-order valence-corrected chi connectivity index (χ2v) is 5.90. The molecule has 0 fully saturated rings. The molecular weight excluding hydrogens is 330 g/mol. The Kier molecular flexibility index (Phi) is 7.80. The normalized spacial score (nSPS) is 10.3. The van der Waals surface area contributed by atoms with Gasteiger partial charge < -0.3 is 19.5 Å². The summed E-state index contributed by atoms with van der Waals surface area (Å²) in [7, 11) is 1.61. The summed E-state index contributed by atoms with van der Waals surface area (Å²) < 4.78 is 16.5. The van der Waals surface area contributed by atoms with Crippen molar-refractivity contribution in [2.75, 3.05) is 20.3 Å². The Labute approximate surface area is 155 Å². The summed E-state index contributed by atoms with van der Waals surface area (Å²) in [5.74, 6) is 1.90. The van der Waals surface area contributed by atoms with Crippen LogP contribution < -0.4 is 19.5 Å². The van der Waals surface area contributed by atoms with Gasteiger partial charge in [0.05, 0.1) is 13.7 Å². The van der Waals surface area contributed by atoms with E-state index in [9.17, 15) is 4.79 Å². The molecule has 0 bridgehead atoms. The SMILES string of the molecule is CCCOc1ccc(CNC(=O)COc2ccc(CC)cc2)cc1OC. The summed E-state index contributed by atoms with van der Waals surface area (Å²) in [6.45, 7) is 5.18. The van der Waals surface area contributed by atoms with E-state index in [-0.39, 0.29) is 12.5 Å². The first-order valence-corrected chi connectivity index (χ1v) is 8.94. The molecule has 0 saturated heterocycles. The molecule has 1 amide bonds. The van der Waals surface area contributed by atoms with Crippen molar-refractivity contribution in [2.45, 2.75) is 33.2 Å². The fourth-order valence-corrected chi connectivity index (χ4v) is 2.38. The molecule has 5 nitrogen and oxygen atoms in total. The molecule has 2 aromatic carbocycles. The van der Waals surface area contributed by atoms with Crippen LogP contribution in [-0.4, -0.2) is 26.2 Å². The number of ether oxygens (including phenoxy) is 3. The molecule has 26 heavy (non-hydrogen) atoms. The lowest BCUT2D eigenvalue weighted by Gasteiger charge is -2.12. The molecule has 0 aliphatic rings. The summed E-state index contributed by atoms with van der Waals surface area (Å²) in [5, 5.41) is 2.85. The molecule has 0 aromatic heterocycles. The average Bonchev–Trinajstić information content (AvgIpc) is 2.69. The van der Waals surface area contributed by atoms with Crippen LogP contribution in [0.15, 0.2) is 42.5 Å². The summed E-state index contributed by atoms with van der Waals surface area (Å²) in [6, 6.07) is 13.4. The molecule has 2 aromatic rings. The number of rotatable bonds is 10. The third-order valence-corrected chi connectivity index (χ3v) is 3.88. The van der Waals surface area contributed by atoms with Crippen LogP contribution in [-0.2, 0) is 17.8 Å². The lowest BCUT2D eigenvalue weighted by atomic mass is 10.2. The van der Waals surface area contributed by atoms with Gasteiger partial charge in [0, 0.05) is 6.54 Å². The van der Waals surface area contributed by atoms with E-state index in [1.54, 1.807) is 7.11 Å². The number of carbonyl (C=O) groups excluding carboxylic acids is 1. The Morgan fingerprint density at radius 1 is 0.962 bits per heavy atom. The predicted molar refractivity (Wildman–Crippen MR) is 102 cm³/mol. The van der Waals surface area contributed by atoms with Crippen molar-refractivity contribution in [1.29, 1.82) is 0 Å². The van der Waals surface area contributed by atoms with Crippen molar-refractivity contribution in [3.8, 4) is 17.2 Å². The Bertz CT molecular complexity index is 698. The molecule has 0 spiro atoms. The van der Waals surface area contributed by atoms with Gasteiger partial charge in [-0.25, -0.2) is 0 Å². The van der Waals surface area contributed by atoms with E-state index < -0.39 is 0 Å². The minimum Gasteiger partial charge on any atom is -0.493 e. The van der Waals surface area contributed by atoms with E-state index in [0.717, 1.165) is 18.4 Å². The number of hydrogen-bond acceptors (Lipinski definition) is 4. The molecule has 0 heterocycles. The second kappa shape index (κ2) is 10.3. The van der Waals surface area contributed by atoms with Crippen molar-refractivity contribution in [3.05, 3.63) is 53.6 Å². The molecule has 0 atom stereocenters. The fourth-order valence-electron chi connectivity index (χ4n) is 2.38. The number of methoxy groups -OCH3 is 1. The highest BCUT2D eigenvalue weighted by Crippen LogP contribution is 2.28. The zero-order valence-electron chi connectivity index (χ0n) is 15.7. The second-order valence-electron chi connectivity index (χ2n) is 5.90. The van der Waals surface area contributed by atoms with Gasteiger partial charge in [-0.2, -0.15) is 0 Å². The number of amides is 1. The summed E-state index contributed by atoms with van der Waals surface area (Å²) in [4.78, 5) is 12.0. The Morgan fingerprint density at radius 2 is 1.69 bits per heavy atom. The summed E-state index contributed by atoms with van der Waals surface area (Å²) in [6.07, 6.45) is 1.91. The Balaban J connectivity index is 1.82. The first kappa shape index (κ1) is 19.6. The minimum atomic E-state index is -0.171. The standard InChI is InChI=1S/C21H27NO4/c1-4-12-25-19-11-8-17(13-20(19)24-3)14-22-21(23)15-26-18-9-6-16(5-2)7-10-18/h6-11,13H,4-5,12,14-15H2,1-3H3,(H,22,23). The Hall–Kier alpha value is -2.69. The van der Waals surface area contributed by atoms with Gasteiger partial charge in [0.2, 0.25) is 0 Å². The highest BCUT2D eigenvalue weighted by Gasteiger charge is 2.07. The first-order valence-electron chi connectivity index (χ1n) is 8.94. The van der Waals surface area contributed by atoms with Crippen LogP contribution in [0.1, 0.15) is 31.4 Å². The molecular formula is C21H27NO4. The fraction of sp³-hybridized carbons (Fsp3) is 0.381. The van der Waals surface area contributed by atoms with Crippen molar-refractivity contribution >= 4 is 5.91 Å². The molecule has 0 saturated carbocycles. The third kappa shape index (κ3) is 5.99. The lowest BCUT2D eigenvalue weighted by molar-refractivity contribution is -0.123. The van der Waals surface area contributed by atoms with Gasteiger partial charge in [-0.05, 0) is 48.2 Å². The maximum absolute atomic E-state index is 12.0. The number of benzene rings is 2. The first-order chi connectivity index (χ1) is 12.7. The van der Waals surface area contributed by atoms with E-state index in [0.29, 0.717) is 30.4 Å². The van der Waals surface area contributed by atoms with Crippen LogP contribution in [0.2, 0.25) is 0 Å². The van der Waals surface area contributed by atoms with E-state index in [4.69, 9.17) is 14.2 Å². The van der Waals surface area contributed by atoms with Gasteiger partial charge in [-0.15, -0.1) is 0 Å². The zero-order chi connectivity index (χ0) is 18.8. The molecule has 0 aliphatic carbocycles. The number of carbonyl (C=O) groups is 1. The lowest BCUT2D eigenvalue weighted by Crippen LogP contribution is -2.28. The molecule has 1 N–H and O–H groups in total. The largest absolute Gasteiger partial charge is 0.493 e. The molecule has 140 valence electrons. The highest BCUT2D eigenvalue weighted by molar-refractivity contribution is 5.77. The van der Waals surface area contributed by atoms with Gasteiger partial charge in [0.25, 0.3) is 5.91 Å². The van der Waals surface area contributed by atoms with Crippen molar-refractivity contribution < 1.29 is 19.0 Å². The van der Waals surface area contributed by atoms with Crippen molar-refractivity contribution in [3.63, 3.8) is 0 Å². The molecule has 0 unspecified atom stereocenters. The van der Waals surface area contributed by atoms with Crippen LogP contribution in [0.5, 0.6) is 17.2 Å². The van der Waals surface area contributed by atoms with Crippen LogP contribution in [0.3, 0.4) is 0 Å². The van der Waals surface area contributed by atoms with Gasteiger partial charge in [-0.1, -0.05) is 32.0 Å². The maximum Gasteiger partial charge on any atom is 0.258 e. The van der Waals surface area contributed by atoms with Crippen molar-refractivity contribution in [2.24, 2.45) is 0 Å². The van der Waals surface area contributed by atoms with Gasteiger partial charge in [-0.3, -0.25) is 4.79 Å². The van der Waals surface area contributed by atoms with Gasteiger partial charge in [0.1, 0.15) is 5.75 Å². The van der Waals surface area contributed by atoms with Crippen molar-refractivity contribution in [1.82, 2.24) is 5.32 Å². The summed E-state index contributed by atoms with van der Waals surface area (Å²) in [5.41, 5.74) is 2.17. The molecule has 0 aliphatic heterocycles. The van der Waals surface area contributed by atoms with Crippen LogP contribution in [0.4, 0.5) is 0 Å². The third-order valence-electron chi connectivity index (χ3n) is 3.88. The number of aryl methyl sites for hydroxylation is 1. The number of hydrogen-bond donors (Lipinski definition) is 1. The topological polar surface area (TPSA) is 56.8 Å². The highest BCUT2D eigenvalue weighted by atomic mass is 16.5. The minimum absolute atomic E-state index is 0.0136. The molecule has 2 rings (SSSR count). The van der Waals surface area contributed by atoms with E-state index in [1.165, 1.54) is 5.56 Å². The maximum atomic E-state index is 12.0. The monoisotopic (exact) mass is 357 g/mol. The van der Waals surface area contributed by atoms with E-state index >= 15 is 0 Å². The van der Waals surface area contributed by atoms with Gasteiger partial charge in [0.15, 0.2) is 18.1 Å². The molecule has 5 heteroatoms. The van der Waals surface area contributed by atoms with E-state index in [1.807, 2.05) is 42.5 Å². The van der Waals surface area contributed by atoms with Crippen LogP contribution >= 0.6 is 0 Å². The summed E-state index contributed by atoms with van der Waals surface area (Å²) >= 11 is 0. The molecule has 0 radical (unpaired) electrons. The van der Waals surface area contributed by atoms with Gasteiger partial charge >= 0.3 is 0 Å². The smallest absolute Gasteiger partial charge is 0.258 e. The Morgan fingerprint density at radius 3 is 2.35 bits per heavy atom. The predicted octanol–water partition coefficient (Wildman–Crippen LogP) is 3.74. The van der Waals surface area contributed by atoms with E-state index in [2.05, 4.69) is 19.2 Å². The zero-order valence-corrected chi connectivity index (χ0v) is 15.7. The van der Waals surface area contributed by atoms with Crippen LogP contribution in [0, 0.1) is 0 Å². The number of nitrogens with one attached hydrogen (secondary N) is 1. The average molecular weight is 357 g/mol. The quantitative estimate of drug-likeness (QED) is 0.704.